The average molecular weight is 346 g/mol. The summed E-state index contributed by atoms with van der Waals surface area (Å²) in [5.41, 5.74) is 7.61. The van der Waals surface area contributed by atoms with E-state index in [1.165, 1.54) is 4.31 Å². The third-order valence-electron chi connectivity index (χ3n) is 3.77. The van der Waals surface area contributed by atoms with Gasteiger partial charge in [0.1, 0.15) is 0 Å². The predicted octanol–water partition coefficient (Wildman–Crippen LogP) is 2.37. The number of aryl methyl sites for hydroxylation is 2. The maximum atomic E-state index is 13.1. The van der Waals surface area contributed by atoms with Crippen LogP contribution in [0.15, 0.2) is 53.4 Å². The van der Waals surface area contributed by atoms with Crippen LogP contribution in [0.25, 0.3) is 0 Å². The summed E-state index contributed by atoms with van der Waals surface area (Å²) in [6, 6.07) is 14.6. The van der Waals surface area contributed by atoms with Crippen LogP contribution >= 0.6 is 0 Å². The van der Waals surface area contributed by atoms with Crippen LogP contribution in [0.4, 0.5) is 0 Å². The molecule has 0 atom stereocenters. The zero-order chi connectivity index (χ0) is 17.7. The number of carbonyl (C=O) groups excluding carboxylic acids is 1. The highest BCUT2D eigenvalue weighted by atomic mass is 32.2. The van der Waals surface area contributed by atoms with E-state index in [2.05, 4.69) is 0 Å². The highest BCUT2D eigenvalue weighted by Crippen LogP contribution is 2.23. The van der Waals surface area contributed by atoms with Crippen LogP contribution in [0, 0.1) is 13.8 Å². The fourth-order valence-corrected chi connectivity index (χ4v) is 4.17. The lowest BCUT2D eigenvalue weighted by Crippen LogP contribution is -2.34. The molecule has 0 aliphatic heterocycles. The second-order valence-electron chi connectivity index (χ2n) is 5.81. The van der Waals surface area contributed by atoms with E-state index >= 15 is 0 Å². The number of carbonyl (C=O) groups is 1. The van der Waals surface area contributed by atoms with Crippen molar-refractivity contribution in [1.82, 2.24) is 4.31 Å². The number of rotatable bonds is 7. The number of sulfonamides is 1. The Morgan fingerprint density at radius 2 is 1.75 bits per heavy atom. The standard InChI is InChI=1S/C18H22N2O3S/c1-14-8-9-15(2)17(12-14)24(22,23)20(11-10-18(19)21)13-16-6-4-3-5-7-16/h3-9,12H,10-11,13H2,1-2H3,(H2,19,21). The Morgan fingerprint density at radius 3 is 2.38 bits per heavy atom. The lowest BCUT2D eigenvalue weighted by molar-refractivity contribution is -0.118. The van der Waals surface area contributed by atoms with E-state index < -0.39 is 15.9 Å². The topological polar surface area (TPSA) is 80.5 Å². The van der Waals surface area contributed by atoms with Crippen LogP contribution in [0.5, 0.6) is 0 Å². The summed E-state index contributed by atoms with van der Waals surface area (Å²) in [5, 5.41) is 0. The van der Waals surface area contributed by atoms with Gasteiger partial charge in [-0.3, -0.25) is 4.79 Å². The molecule has 0 saturated carbocycles. The fourth-order valence-electron chi connectivity index (χ4n) is 2.43. The van der Waals surface area contributed by atoms with Crippen molar-refractivity contribution in [3.63, 3.8) is 0 Å². The Balaban J connectivity index is 2.40. The van der Waals surface area contributed by atoms with Crippen LogP contribution in [0.2, 0.25) is 0 Å². The summed E-state index contributed by atoms with van der Waals surface area (Å²) in [6.45, 7) is 3.87. The molecule has 2 N–H and O–H groups in total. The molecule has 2 aromatic rings. The first-order valence-electron chi connectivity index (χ1n) is 7.70. The molecular weight excluding hydrogens is 324 g/mol. The maximum Gasteiger partial charge on any atom is 0.243 e. The molecule has 1 amide bonds. The monoisotopic (exact) mass is 346 g/mol. The molecule has 0 aliphatic rings. The molecule has 0 spiro atoms. The van der Waals surface area contributed by atoms with E-state index in [-0.39, 0.29) is 24.4 Å². The molecule has 0 unspecified atom stereocenters. The second kappa shape index (κ2) is 7.59. The summed E-state index contributed by atoms with van der Waals surface area (Å²) >= 11 is 0. The number of primary amides is 1. The van der Waals surface area contributed by atoms with Crippen molar-refractivity contribution < 1.29 is 13.2 Å². The van der Waals surface area contributed by atoms with Crippen molar-refractivity contribution in [2.24, 2.45) is 5.73 Å². The van der Waals surface area contributed by atoms with Crippen molar-refractivity contribution in [1.29, 1.82) is 0 Å². The molecule has 24 heavy (non-hydrogen) atoms. The number of hydrogen-bond acceptors (Lipinski definition) is 3. The number of amides is 1. The summed E-state index contributed by atoms with van der Waals surface area (Å²) in [7, 11) is -3.72. The van der Waals surface area contributed by atoms with E-state index in [9.17, 15) is 13.2 Å². The molecule has 6 heteroatoms. The Morgan fingerprint density at radius 1 is 1.08 bits per heavy atom. The van der Waals surface area contributed by atoms with Gasteiger partial charge in [0.05, 0.1) is 4.90 Å². The molecule has 0 fully saturated rings. The molecule has 0 saturated heterocycles. The zero-order valence-electron chi connectivity index (χ0n) is 13.9. The van der Waals surface area contributed by atoms with Gasteiger partial charge >= 0.3 is 0 Å². The molecule has 0 heterocycles. The van der Waals surface area contributed by atoms with Gasteiger partial charge in [-0.1, -0.05) is 42.5 Å². The number of nitrogens with zero attached hydrogens (tertiary/aromatic N) is 1. The van der Waals surface area contributed by atoms with Crippen LogP contribution in [-0.2, 0) is 21.4 Å². The number of benzene rings is 2. The van der Waals surface area contributed by atoms with Gasteiger partial charge < -0.3 is 5.73 Å². The molecule has 2 aromatic carbocycles. The van der Waals surface area contributed by atoms with Crippen LogP contribution in [-0.4, -0.2) is 25.2 Å². The third-order valence-corrected chi connectivity index (χ3v) is 5.76. The minimum Gasteiger partial charge on any atom is -0.370 e. The lowest BCUT2D eigenvalue weighted by Gasteiger charge is -2.23. The van der Waals surface area contributed by atoms with Crippen molar-refractivity contribution in [2.75, 3.05) is 6.54 Å². The number of nitrogens with two attached hydrogens (primary N) is 1. The van der Waals surface area contributed by atoms with Gasteiger partial charge in [0.15, 0.2) is 0 Å². The largest absolute Gasteiger partial charge is 0.370 e. The normalized spacial score (nSPS) is 11.6. The van der Waals surface area contributed by atoms with E-state index in [0.29, 0.717) is 5.56 Å². The fraction of sp³-hybridized carbons (Fsp3) is 0.278. The highest BCUT2D eigenvalue weighted by Gasteiger charge is 2.26. The van der Waals surface area contributed by atoms with Gasteiger partial charge in [-0.15, -0.1) is 0 Å². The Bertz CT molecular complexity index is 817. The lowest BCUT2D eigenvalue weighted by atomic mass is 10.2. The van der Waals surface area contributed by atoms with E-state index in [0.717, 1.165) is 11.1 Å². The first-order valence-corrected chi connectivity index (χ1v) is 9.14. The predicted molar refractivity (Wildman–Crippen MR) is 93.8 cm³/mol. The van der Waals surface area contributed by atoms with Gasteiger partial charge in [-0.05, 0) is 36.6 Å². The van der Waals surface area contributed by atoms with Crippen molar-refractivity contribution in [3.05, 3.63) is 65.2 Å². The molecule has 0 bridgehead atoms. The van der Waals surface area contributed by atoms with Gasteiger partial charge in [0, 0.05) is 19.5 Å². The highest BCUT2D eigenvalue weighted by molar-refractivity contribution is 7.89. The van der Waals surface area contributed by atoms with Gasteiger partial charge in [-0.25, -0.2) is 8.42 Å². The maximum absolute atomic E-state index is 13.1. The average Bonchev–Trinajstić information content (AvgIpc) is 2.54. The van der Waals surface area contributed by atoms with Crippen LogP contribution in [0.1, 0.15) is 23.1 Å². The van der Waals surface area contributed by atoms with Crippen LogP contribution in [0.3, 0.4) is 0 Å². The molecule has 128 valence electrons. The summed E-state index contributed by atoms with van der Waals surface area (Å²) < 4.78 is 27.5. The molecule has 5 nitrogen and oxygen atoms in total. The zero-order valence-corrected chi connectivity index (χ0v) is 14.7. The van der Waals surface area contributed by atoms with Crippen molar-refractivity contribution >= 4 is 15.9 Å². The Kier molecular flexibility index (Phi) is 5.75. The molecule has 2 rings (SSSR count). The number of hydrogen-bond donors (Lipinski definition) is 1. The van der Waals surface area contributed by atoms with E-state index in [4.69, 9.17) is 5.73 Å². The molecular formula is C18H22N2O3S. The smallest absolute Gasteiger partial charge is 0.243 e. The molecule has 0 radical (unpaired) electrons. The van der Waals surface area contributed by atoms with Crippen molar-refractivity contribution in [2.45, 2.75) is 31.7 Å². The van der Waals surface area contributed by atoms with Gasteiger partial charge in [0.2, 0.25) is 15.9 Å². The van der Waals surface area contributed by atoms with Gasteiger partial charge in [0.25, 0.3) is 0 Å². The first-order chi connectivity index (χ1) is 11.3. The van der Waals surface area contributed by atoms with Crippen LogP contribution < -0.4 is 5.73 Å². The van der Waals surface area contributed by atoms with E-state index in [1.54, 1.807) is 19.1 Å². The summed E-state index contributed by atoms with van der Waals surface area (Å²) in [6.07, 6.45) is -0.0169. The first kappa shape index (κ1) is 18.2. The third kappa shape index (κ3) is 4.43. The second-order valence-corrected chi connectivity index (χ2v) is 7.72. The summed E-state index contributed by atoms with van der Waals surface area (Å²) in [5.74, 6) is -0.524. The minimum atomic E-state index is -3.72. The van der Waals surface area contributed by atoms with Crippen molar-refractivity contribution in [3.8, 4) is 0 Å². The minimum absolute atomic E-state index is 0.0169. The van der Waals surface area contributed by atoms with Gasteiger partial charge in [-0.2, -0.15) is 4.31 Å². The SMILES string of the molecule is Cc1ccc(C)c(S(=O)(=O)N(CCC(N)=O)Cc2ccccc2)c1. The Hall–Kier alpha value is -2.18. The van der Waals surface area contributed by atoms with E-state index in [1.807, 2.05) is 43.3 Å². The molecule has 0 aromatic heterocycles. The summed E-state index contributed by atoms with van der Waals surface area (Å²) in [4.78, 5) is 11.4. The quantitative estimate of drug-likeness (QED) is 0.836. The molecule has 0 aliphatic carbocycles. The Labute approximate surface area is 143 Å².